The van der Waals surface area contributed by atoms with Crippen molar-refractivity contribution < 1.29 is 4.79 Å². The molecule has 0 aliphatic carbocycles. The van der Waals surface area contributed by atoms with Crippen LogP contribution < -0.4 is 10.9 Å². The van der Waals surface area contributed by atoms with E-state index in [1.807, 2.05) is 13.0 Å². The molecule has 0 saturated carbocycles. The molecule has 26 heavy (non-hydrogen) atoms. The van der Waals surface area contributed by atoms with Crippen LogP contribution in [0.5, 0.6) is 0 Å². The van der Waals surface area contributed by atoms with Crippen LogP contribution in [-0.2, 0) is 0 Å². The fourth-order valence-electron chi connectivity index (χ4n) is 2.22. The number of benzene rings is 2. The predicted molar refractivity (Wildman–Crippen MR) is 104 cm³/mol. The normalized spacial score (nSPS) is 10.6. The first-order valence-corrected chi connectivity index (χ1v) is 8.61. The highest BCUT2D eigenvalue weighted by Gasteiger charge is 2.11. The largest absolute Gasteiger partial charge is 0.322 e. The van der Waals surface area contributed by atoms with E-state index in [2.05, 4.69) is 10.4 Å². The second-order valence-electron chi connectivity index (χ2n) is 5.49. The monoisotopic (exact) mass is 407 g/mol. The molecule has 0 unspecified atom stereocenters. The Kier molecular flexibility index (Phi) is 5.32. The lowest BCUT2D eigenvalue weighted by Crippen LogP contribution is -2.21. The number of hydrogen-bond donors (Lipinski definition) is 1. The molecule has 0 fully saturated rings. The number of nitrogens with one attached hydrogen (secondary N) is 1. The van der Waals surface area contributed by atoms with Gasteiger partial charge in [0.2, 0.25) is 0 Å². The second-order valence-corrected chi connectivity index (χ2v) is 6.68. The Hall–Kier alpha value is -2.34. The van der Waals surface area contributed by atoms with Crippen molar-refractivity contribution in [3.05, 3.63) is 85.2 Å². The molecular weight excluding hydrogens is 397 g/mol. The van der Waals surface area contributed by atoms with E-state index in [0.717, 1.165) is 10.2 Å². The highest BCUT2D eigenvalue weighted by molar-refractivity contribution is 6.41. The van der Waals surface area contributed by atoms with Crippen molar-refractivity contribution in [3.8, 4) is 5.69 Å². The van der Waals surface area contributed by atoms with Gasteiger partial charge in [-0.15, -0.1) is 0 Å². The highest BCUT2D eigenvalue weighted by Crippen LogP contribution is 2.21. The summed E-state index contributed by atoms with van der Waals surface area (Å²) in [6, 6.07) is 11.6. The minimum atomic E-state index is -0.536. The molecule has 2 aromatic carbocycles. The Bertz CT molecular complexity index is 1050. The van der Waals surface area contributed by atoms with Crippen LogP contribution >= 0.6 is 34.8 Å². The third-order valence-electron chi connectivity index (χ3n) is 3.68. The van der Waals surface area contributed by atoms with Crippen LogP contribution in [-0.4, -0.2) is 15.7 Å². The lowest BCUT2D eigenvalue weighted by atomic mass is 10.1. The third kappa shape index (κ3) is 3.75. The van der Waals surface area contributed by atoms with E-state index in [4.69, 9.17) is 34.8 Å². The average Bonchev–Trinajstić information content (AvgIpc) is 2.63. The van der Waals surface area contributed by atoms with Gasteiger partial charge in [0.15, 0.2) is 0 Å². The summed E-state index contributed by atoms with van der Waals surface area (Å²) in [5.74, 6) is -0.300. The highest BCUT2D eigenvalue weighted by atomic mass is 35.5. The van der Waals surface area contributed by atoms with Crippen LogP contribution in [0.2, 0.25) is 15.1 Å². The van der Waals surface area contributed by atoms with Gasteiger partial charge in [0.25, 0.3) is 11.5 Å². The first-order chi connectivity index (χ1) is 12.4. The molecule has 1 amide bonds. The van der Waals surface area contributed by atoms with Crippen molar-refractivity contribution >= 4 is 46.4 Å². The van der Waals surface area contributed by atoms with Gasteiger partial charge in [0.1, 0.15) is 5.02 Å². The molecule has 1 N–H and O–H groups in total. The first-order valence-electron chi connectivity index (χ1n) is 7.48. The van der Waals surface area contributed by atoms with Gasteiger partial charge in [0, 0.05) is 16.3 Å². The number of hydrogen-bond acceptors (Lipinski definition) is 3. The van der Waals surface area contributed by atoms with E-state index in [0.29, 0.717) is 22.0 Å². The predicted octanol–water partition coefficient (Wildman–Crippen LogP) is 4.75. The Labute approximate surface area is 164 Å². The number of anilines is 1. The standard InChI is InChI=1S/C18H12Cl3N3O2/c1-10-2-5-12(8-14(10)19)23-17(25)11-3-6-13(7-4-11)24-18(26)16(21)15(20)9-22-24/h2-9H,1H3,(H,23,25). The lowest BCUT2D eigenvalue weighted by molar-refractivity contribution is 0.102. The van der Waals surface area contributed by atoms with Crippen molar-refractivity contribution in [1.29, 1.82) is 0 Å². The van der Waals surface area contributed by atoms with Crippen molar-refractivity contribution in [3.63, 3.8) is 0 Å². The summed E-state index contributed by atoms with van der Waals surface area (Å²) in [6.07, 6.45) is 1.28. The maximum atomic E-state index is 12.3. The summed E-state index contributed by atoms with van der Waals surface area (Å²) in [5, 5.41) is 7.25. The van der Waals surface area contributed by atoms with Gasteiger partial charge in [-0.05, 0) is 48.9 Å². The summed E-state index contributed by atoms with van der Waals surface area (Å²) in [6.45, 7) is 1.88. The minimum Gasteiger partial charge on any atom is -0.322 e. The molecule has 0 aliphatic heterocycles. The molecule has 0 saturated heterocycles. The van der Waals surface area contributed by atoms with Crippen molar-refractivity contribution in [2.75, 3.05) is 5.32 Å². The number of halogens is 3. The molecule has 8 heteroatoms. The zero-order valence-corrected chi connectivity index (χ0v) is 15.7. The van der Waals surface area contributed by atoms with E-state index in [-0.39, 0.29) is 16.0 Å². The van der Waals surface area contributed by atoms with Gasteiger partial charge in [-0.2, -0.15) is 9.78 Å². The fraction of sp³-hybridized carbons (Fsp3) is 0.0556. The Morgan fingerprint density at radius 1 is 1.04 bits per heavy atom. The maximum Gasteiger partial charge on any atom is 0.291 e. The summed E-state index contributed by atoms with van der Waals surface area (Å²) in [7, 11) is 0. The van der Waals surface area contributed by atoms with Crippen LogP contribution in [0, 0.1) is 6.92 Å². The van der Waals surface area contributed by atoms with Crippen LogP contribution in [0.3, 0.4) is 0 Å². The molecule has 5 nitrogen and oxygen atoms in total. The smallest absolute Gasteiger partial charge is 0.291 e. The van der Waals surface area contributed by atoms with Crippen molar-refractivity contribution in [1.82, 2.24) is 9.78 Å². The molecule has 0 radical (unpaired) electrons. The van der Waals surface area contributed by atoms with E-state index in [1.54, 1.807) is 36.4 Å². The molecule has 3 rings (SSSR count). The van der Waals surface area contributed by atoms with E-state index >= 15 is 0 Å². The number of aryl methyl sites for hydroxylation is 1. The zero-order valence-electron chi connectivity index (χ0n) is 13.5. The van der Waals surface area contributed by atoms with Gasteiger partial charge in [-0.3, -0.25) is 9.59 Å². The van der Waals surface area contributed by atoms with Crippen LogP contribution in [0.25, 0.3) is 5.69 Å². The number of carbonyl (C=O) groups is 1. The first kappa shape index (κ1) is 18.5. The van der Waals surface area contributed by atoms with Crippen molar-refractivity contribution in [2.45, 2.75) is 6.92 Å². The van der Waals surface area contributed by atoms with Gasteiger partial charge in [-0.25, -0.2) is 0 Å². The molecule has 0 atom stereocenters. The second kappa shape index (κ2) is 7.50. The number of aromatic nitrogens is 2. The lowest BCUT2D eigenvalue weighted by Gasteiger charge is -2.09. The van der Waals surface area contributed by atoms with Gasteiger partial charge in [0.05, 0.1) is 16.9 Å². The Morgan fingerprint density at radius 2 is 1.73 bits per heavy atom. The van der Waals surface area contributed by atoms with Gasteiger partial charge >= 0.3 is 0 Å². The fourth-order valence-corrected chi connectivity index (χ4v) is 2.66. The molecular formula is C18H12Cl3N3O2. The van der Waals surface area contributed by atoms with Gasteiger partial charge < -0.3 is 5.32 Å². The molecule has 132 valence electrons. The molecule has 1 heterocycles. The van der Waals surface area contributed by atoms with E-state index in [1.165, 1.54) is 6.20 Å². The molecule has 3 aromatic rings. The minimum absolute atomic E-state index is 0.0840. The number of carbonyl (C=O) groups excluding carboxylic acids is 1. The van der Waals surface area contributed by atoms with E-state index in [9.17, 15) is 9.59 Å². The Balaban J connectivity index is 1.83. The number of amides is 1. The van der Waals surface area contributed by atoms with Crippen LogP contribution in [0.4, 0.5) is 5.69 Å². The molecule has 0 spiro atoms. The maximum absolute atomic E-state index is 12.3. The topological polar surface area (TPSA) is 64.0 Å². The Morgan fingerprint density at radius 3 is 2.38 bits per heavy atom. The quantitative estimate of drug-likeness (QED) is 0.680. The van der Waals surface area contributed by atoms with Gasteiger partial charge in [-0.1, -0.05) is 40.9 Å². The molecule has 0 bridgehead atoms. The summed E-state index contributed by atoms with van der Waals surface area (Å²) in [4.78, 5) is 24.4. The van der Waals surface area contributed by atoms with Crippen molar-refractivity contribution in [2.24, 2.45) is 0 Å². The van der Waals surface area contributed by atoms with Crippen LogP contribution in [0.1, 0.15) is 15.9 Å². The molecule has 0 aliphatic rings. The third-order valence-corrected chi connectivity index (χ3v) is 4.84. The number of rotatable bonds is 3. The van der Waals surface area contributed by atoms with E-state index < -0.39 is 5.56 Å². The summed E-state index contributed by atoms with van der Waals surface area (Å²) >= 11 is 17.7. The zero-order chi connectivity index (χ0) is 18.8. The van der Waals surface area contributed by atoms with Crippen LogP contribution in [0.15, 0.2) is 53.5 Å². The SMILES string of the molecule is Cc1ccc(NC(=O)c2ccc(-n3ncc(Cl)c(Cl)c3=O)cc2)cc1Cl. The molecule has 1 aromatic heterocycles. The summed E-state index contributed by atoms with van der Waals surface area (Å²) < 4.78 is 1.11. The number of nitrogens with zero attached hydrogens (tertiary/aromatic N) is 2. The summed E-state index contributed by atoms with van der Waals surface area (Å²) in [5.41, 5.74) is 1.86. The average molecular weight is 409 g/mol.